The average molecular weight is 240 g/mol. The predicted octanol–water partition coefficient (Wildman–Crippen LogP) is 1.01. The molecule has 1 amide bonds. The van der Waals surface area contributed by atoms with Crippen LogP contribution in [0.5, 0.6) is 0 Å². The van der Waals surface area contributed by atoms with E-state index >= 15 is 0 Å². The van der Waals surface area contributed by atoms with Crippen molar-refractivity contribution in [2.45, 2.75) is 38.7 Å². The minimum Gasteiger partial charge on any atom is -0.368 e. The Balaban J connectivity index is 1.60. The number of nitrogens with zero attached hydrogens (tertiary/aromatic N) is 1. The predicted molar refractivity (Wildman–Crippen MR) is 66.8 cm³/mol. The summed E-state index contributed by atoms with van der Waals surface area (Å²) in [6.45, 7) is 7.13. The van der Waals surface area contributed by atoms with Gasteiger partial charge < -0.3 is 15.0 Å². The van der Waals surface area contributed by atoms with E-state index in [-0.39, 0.29) is 12.0 Å². The first-order valence-electron chi connectivity index (χ1n) is 6.87. The number of hydrogen-bond acceptors (Lipinski definition) is 3. The zero-order chi connectivity index (χ0) is 12.1. The molecule has 98 valence electrons. The molecular formula is C13H24N2O2. The second-order valence-electron chi connectivity index (χ2n) is 5.34. The molecule has 0 bridgehead atoms. The van der Waals surface area contributed by atoms with Gasteiger partial charge in [0.15, 0.2) is 0 Å². The van der Waals surface area contributed by atoms with E-state index in [0.29, 0.717) is 0 Å². The topological polar surface area (TPSA) is 41.6 Å². The quantitative estimate of drug-likeness (QED) is 0.797. The van der Waals surface area contributed by atoms with Crippen LogP contribution in [0.15, 0.2) is 0 Å². The van der Waals surface area contributed by atoms with Crippen LogP contribution in [0, 0.1) is 5.92 Å². The minimum atomic E-state index is -0.185. The van der Waals surface area contributed by atoms with Gasteiger partial charge in [-0.2, -0.15) is 0 Å². The molecule has 1 N–H and O–H groups in total. The summed E-state index contributed by atoms with van der Waals surface area (Å²) in [4.78, 5) is 14.1. The molecule has 4 nitrogen and oxygen atoms in total. The average Bonchev–Trinajstić information content (AvgIpc) is 2.82. The van der Waals surface area contributed by atoms with Crippen molar-refractivity contribution in [1.82, 2.24) is 10.2 Å². The molecule has 2 heterocycles. The van der Waals surface area contributed by atoms with Crippen LogP contribution in [-0.4, -0.2) is 49.7 Å². The Bertz CT molecular complexity index is 252. The molecule has 4 heteroatoms. The fraction of sp³-hybridized carbons (Fsp3) is 0.923. The highest BCUT2D eigenvalue weighted by Crippen LogP contribution is 2.14. The Morgan fingerprint density at radius 3 is 3.00 bits per heavy atom. The van der Waals surface area contributed by atoms with Crippen LogP contribution in [0.4, 0.5) is 0 Å². The monoisotopic (exact) mass is 240 g/mol. The molecule has 0 aromatic heterocycles. The number of piperidine rings is 1. The van der Waals surface area contributed by atoms with Gasteiger partial charge in [-0.05, 0) is 38.1 Å². The van der Waals surface area contributed by atoms with Crippen molar-refractivity contribution in [2.75, 3.05) is 32.8 Å². The Kier molecular flexibility index (Phi) is 4.80. The Morgan fingerprint density at radius 2 is 2.29 bits per heavy atom. The molecule has 0 aromatic carbocycles. The number of nitrogens with one attached hydrogen (secondary N) is 1. The highest BCUT2D eigenvalue weighted by Gasteiger charge is 2.23. The van der Waals surface area contributed by atoms with Crippen molar-refractivity contribution in [1.29, 1.82) is 0 Å². The van der Waals surface area contributed by atoms with Crippen LogP contribution in [-0.2, 0) is 9.53 Å². The molecule has 0 aliphatic carbocycles. The molecular weight excluding hydrogens is 216 g/mol. The fourth-order valence-corrected chi connectivity index (χ4v) is 2.73. The minimum absolute atomic E-state index is 0.0764. The second kappa shape index (κ2) is 6.36. The summed E-state index contributed by atoms with van der Waals surface area (Å²) >= 11 is 0. The van der Waals surface area contributed by atoms with Crippen LogP contribution in [0.25, 0.3) is 0 Å². The number of carbonyl (C=O) groups excluding carboxylic acids is 1. The van der Waals surface area contributed by atoms with E-state index in [0.717, 1.165) is 38.5 Å². The van der Waals surface area contributed by atoms with Crippen LogP contribution < -0.4 is 5.32 Å². The smallest absolute Gasteiger partial charge is 0.249 e. The summed E-state index contributed by atoms with van der Waals surface area (Å²) < 4.78 is 5.35. The van der Waals surface area contributed by atoms with E-state index in [2.05, 4.69) is 17.1 Å². The van der Waals surface area contributed by atoms with E-state index in [1.165, 1.54) is 25.9 Å². The highest BCUT2D eigenvalue weighted by atomic mass is 16.5. The zero-order valence-electron chi connectivity index (χ0n) is 10.8. The van der Waals surface area contributed by atoms with Crippen molar-refractivity contribution >= 4 is 5.91 Å². The third-order valence-electron chi connectivity index (χ3n) is 3.69. The largest absolute Gasteiger partial charge is 0.368 e. The van der Waals surface area contributed by atoms with Crippen LogP contribution >= 0.6 is 0 Å². The first-order valence-corrected chi connectivity index (χ1v) is 6.87. The summed E-state index contributed by atoms with van der Waals surface area (Å²) in [5, 5.41) is 2.98. The third-order valence-corrected chi connectivity index (χ3v) is 3.69. The summed E-state index contributed by atoms with van der Waals surface area (Å²) in [6, 6.07) is 0. The van der Waals surface area contributed by atoms with E-state index in [1.54, 1.807) is 0 Å². The van der Waals surface area contributed by atoms with E-state index < -0.39 is 0 Å². The van der Waals surface area contributed by atoms with Gasteiger partial charge in [0.05, 0.1) is 0 Å². The molecule has 0 unspecified atom stereocenters. The Hall–Kier alpha value is -0.610. The van der Waals surface area contributed by atoms with Gasteiger partial charge in [-0.15, -0.1) is 0 Å². The van der Waals surface area contributed by atoms with Crippen molar-refractivity contribution in [3.63, 3.8) is 0 Å². The Labute approximate surface area is 104 Å². The lowest BCUT2D eigenvalue weighted by molar-refractivity contribution is -0.130. The molecule has 0 radical (unpaired) electrons. The number of ether oxygens (including phenoxy) is 1. The van der Waals surface area contributed by atoms with Crippen LogP contribution in [0.1, 0.15) is 32.6 Å². The van der Waals surface area contributed by atoms with Crippen molar-refractivity contribution < 1.29 is 9.53 Å². The molecule has 2 aliphatic rings. The lowest BCUT2D eigenvalue weighted by Crippen LogP contribution is -2.42. The lowest BCUT2D eigenvalue weighted by atomic mass is 10.0. The van der Waals surface area contributed by atoms with Crippen LogP contribution in [0.2, 0.25) is 0 Å². The van der Waals surface area contributed by atoms with Gasteiger partial charge in [-0.3, -0.25) is 4.79 Å². The zero-order valence-corrected chi connectivity index (χ0v) is 10.8. The second-order valence-corrected chi connectivity index (χ2v) is 5.34. The number of hydrogen-bond donors (Lipinski definition) is 1. The van der Waals surface area contributed by atoms with Gasteiger partial charge in [-0.1, -0.05) is 6.92 Å². The van der Waals surface area contributed by atoms with E-state index in [4.69, 9.17) is 4.74 Å². The molecule has 2 rings (SSSR count). The van der Waals surface area contributed by atoms with E-state index in [1.807, 2.05) is 0 Å². The maximum absolute atomic E-state index is 11.7. The molecule has 2 saturated heterocycles. The molecule has 0 spiro atoms. The maximum atomic E-state index is 11.7. The first kappa shape index (κ1) is 12.8. The first-order chi connectivity index (χ1) is 8.25. The lowest BCUT2D eigenvalue weighted by Gasteiger charge is -2.30. The summed E-state index contributed by atoms with van der Waals surface area (Å²) in [5.41, 5.74) is 0. The van der Waals surface area contributed by atoms with Gasteiger partial charge in [0, 0.05) is 26.2 Å². The highest BCUT2D eigenvalue weighted by molar-refractivity contribution is 5.80. The summed E-state index contributed by atoms with van der Waals surface area (Å²) in [7, 11) is 0. The summed E-state index contributed by atoms with van der Waals surface area (Å²) in [6.07, 6.45) is 4.35. The number of amides is 1. The van der Waals surface area contributed by atoms with Gasteiger partial charge >= 0.3 is 0 Å². The molecule has 2 atom stereocenters. The molecule has 2 aliphatic heterocycles. The van der Waals surface area contributed by atoms with Gasteiger partial charge in [-0.25, -0.2) is 0 Å². The van der Waals surface area contributed by atoms with Gasteiger partial charge in [0.2, 0.25) is 5.91 Å². The van der Waals surface area contributed by atoms with E-state index in [9.17, 15) is 4.79 Å². The molecule has 17 heavy (non-hydrogen) atoms. The van der Waals surface area contributed by atoms with Crippen LogP contribution in [0.3, 0.4) is 0 Å². The number of carbonyl (C=O) groups is 1. The molecule has 0 aromatic rings. The summed E-state index contributed by atoms with van der Waals surface area (Å²) in [5.74, 6) is 0.880. The standard InChI is InChI=1S/C13H24N2O2/c1-11-4-2-7-15(10-11)8-6-14-13(16)12-5-3-9-17-12/h11-12H,2-10H2,1H3,(H,14,16)/t11-,12-/m1/s1. The fourth-order valence-electron chi connectivity index (χ4n) is 2.73. The third kappa shape index (κ3) is 3.96. The number of likely N-dealkylation sites (tertiary alicyclic amines) is 1. The Morgan fingerprint density at radius 1 is 1.41 bits per heavy atom. The van der Waals surface area contributed by atoms with Crippen molar-refractivity contribution in [2.24, 2.45) is 5.92 Å². The maximum Gasteiger partial charge on any atom is 0.249 e. The number of rotatable bonds is 4. The molecule has 2 fully saturated rings. The van der Waals surface area contributed by atoms with Crippen molar-refractivity contribution in [3.8, 4) is 0 Å². The SMILES string of the molecule is C[C@@H]1CCCN(CCNC(=O)[C@H]2CCCO2)C1. The normalized spacial score (nSPS) is 30.4. The van der Waals surface area contributed by atoms with Gasteiger partial charge in [0.25, 0.3) is 0 Å². The molecule has 0 saturated carbocycles. The van der Waals surface area contributed by atoms with Gasteiger partial charge in [0.1, 0.15) is 6.10 Å². The van der Waals surface area contributed by atoms with Crippen molar-refractivity contribution in [3.05, 3.63) is 0 Å².